The minimum absolute atomic E-state index is 0.140. The molecule has 1 unspecified atom stereocenters. The Morgan fingerprint density at radius 2 is 2.00 bits per heavy atom. The van der Waals surface area contributed by atoms with Crippen LogP contribution in [0.2, 0.25) is 0 Å². The van der Waals surface area contributed by atoms with Crippen molar-refractivity contribution in [1.29, 1.82) is 10.7 Å². The number of nitrogens with one attached hydrogen (secondary N) is 3. The lowest BCUT2D eigenvalue weighted by Crippen LogP contribution is -2.46. The quantitative estimate of drug-likeness (QED) is 0.349. The molecule has 1 saturated heterocycles. The number of nitrogens with zero attached hydrogens (tertiary/aromatic N) is 3. The molecule has 1 aromatic rings. The van der Waals surface area contributed by atoms with Gasteiger partial charge in [-0.2, -0.15) is 10.4 Å². The van der Waals surface area contributed by atoms with Gasteiger partial charge in [0.15, 0.2) is 5.84 Å². The number of amidine groups is 1. The largest absolute Gasteiger partial charge is 0.444 e. The number of rotatable bonds is 5. The van der Waals surface area contributed by atoms with Crippen molar-refractivity contribution < 1.29 is 9.53 Å². The van der Waals surface area contributed by atoms with E-state index in [1.165, 1.54) is 0 Å². The van der Waals surface area contributed by atoms with Gasteiger partial charge in [0, 0.05) is 24.8 Å². The lowest BCUT2D eigenvalue weighted by molar-refractivity contribution is 0.0206. The number of carbonyl (C=O) groups is 1. The molecule has 0 spiro atoms. The second kappa shape index (κ2) is 9.08. The number of amides is 1. The van der Waals surface area contributed by atoms with E-state index >= 15 is 0 Å². The molecule has 1 aliphatic heterocycles. The van der Waals surface area contributed by atoms with E-state index in [1.54, 1.807) is 23.1 Å². The van der Waals surface area contributed by atoms with E-state index in [0.29, 0.717) is 18.8 Å². The first-order valence-electron chi connectivity index (χ1n) is 9.10. The van der Waals surface area contributed by atoms with Crippen LogP contribution in [-0.4, -0.2) is 47.3 Å². The summed E-state index contributed by atoms with van der Waals surface area (Å²) in [5.74, 6) is -0.389. The zero-order valence-electron chi connectivity index (χ0n) is 16.5. The number of carbonyl (C=O) groups excluding carboxylic acids is 1. The first-order valence-corrected chi connectivity index (χ1v) is 9.10. The monoisotopic (exact) mass is 385 g/mol. The van der Waals surface area contributed by atoms with Crippen LogP contribution in [0.4, 0.5) is 16.2 Å². The molecule has 1 atom stereocenters. The number of likely N-dealkylation sites (tertiary alicyclic amines) is 1. The highest BCUT2D eigenvalue weighted by Crippen LogP contribution is 2.20. The Morgan fingerprint density at radius 3 is 2.57 bits per heavy atom. The summed E-state index contributed by atoms with van der Waals surface area (Å²) in [6, 6.07) is 9.25. The van der Waals surface area contributed by atoms with Crippen molar-refractivity contribution in [2.45, 2.75) is 45.3 Å². The summed E-state index contributed by atoms with van der Waals surface area (Å²) < 4.78 is 5.46. The molecule has 5 N–H and O–H groups in total. The van der Waals surface area contributed by atoms with Crippen LogP contribution in [-0.2, 0) is 4.74 Å². The molecule has 1 aliphatic rings. The molecule has 0 radical (unpaired) electrons. The number of piperidine rings is 1. The van der Waals surface area contributed by atoms with Crippen LogP contribution in [0, 0.1) is 16.7 Å². The highest BCUT2D eigenvalue weighted by molar-refractivity contribution is 6.45. The van der Waals surface area contributed by atoms with Crippen LogP contribution in [0.1, 0.15) is 33.6 Å². The average Bonchev–Trinajstić information content (AvgIpc) is 2.62. The maximum atomic E-state index is 12.3. The zero-order valence-corrected chi connectivity index (χ0v) is 16.5. The zero-order chi connectivity index (χ0) is 20.7. The molecular weight excluding hydrogens is 358 g/mol. The summed E-state index contributed by atoms with van der Waals surface area (Å²) in [6.45, 7) is 6.87. The van der Waals surface area contributed by atoms with Gasteiger partial charge in [0.05, 0.1) is 5.69 Å². The molecule has 0 bridgehead atoms. The van der Waals surface area contributed by atoms with Gasteiger partial charge >= 0.3 is 6.09 Å². The van der Waals surface area contributed by atoms with E-state index in [9.17, 15) is 4.79 Å². The Labute approximate surface area is 165 Å². The Balaban J connectivity index is 1.92. The van der Waals surface area contributed by atoms with Crippen LogP contribution < -0.4 is 16.5 Å². The van der Waals surface area contributed by atoms with Gasteiger partial charge in [0.25, 0.3) is 0 Å². The molecular formula is C19H27N7O2. The summed E-state index contributed by atoms with van der Waals surface area (Å²) in [4.78, 5) is 14.0. The number of ether oxygens (including phenoxy) is 1. The van der Waals surface area contributed by atoms with Crippen molar-refractivity contribution in [3.05, 3.63) is 24.3 Å². The SMILES string of the molecule is CC(C)(C)OC(=O)N1CCCC(Nc2ccc(N/N=C(\C#N)C(=N)N)cc2)C1. The minimum atomic E-state index is -0.503. The van der Waals surface area contributed by atoms with E-state index < -0.39 is 5.60 Å². The van der Waals surface area contributed by atoms with Crippen molar-refractivity contribution >= 4 is 29.0 Å². The second-order valence-corrected chi connectivity index (χ2v) is 7.58. The molecule has 28 heavy (non-hydrogen) atoms. The van der Waals surface area contributed by atoms with E-state index in [1.807, 2.05) is 32.9 Å². The summed E-state index contributed by atoms with van der Waals surface area (Å²) in [6.07, 6.45) is 1.59. The molecule has 2 rings (SSSR count). The third kappa shape index (κ3) is 6.46. The fraction of sp³-hybridized carbons (Fsp3) is 0.474. The average molecular weight is 385 g/mol. The van der Waals surface area contributed by atoms with Gasteiger partial charge in [-0.3, -0.25) is 10.8 Å². The van der Waals surface area contributed by atoms with Crippen molar-refractivity contribution in [1.82, 2.24) is 4.90 Å². The Morgan fingerprint density at radius 1 is 1.36 bits per heavy atom. The summed E-state index contributed by atoms with van der Waals surface area (Å²) in [5, 5.41) is 23.3. The molecule has 0 aromatic heterocycles. The first kappa shape index (κ1) is 21.0. The number of hydrogen-bond donors (Lipinski definition) is 4. The van der Waals surface area contributed by atoms with Crippen molar-refractivity contribution in [2.24, 2.45) is 10.8 Å². The number of nitrogens with two attached hydrogens (primary N) is 1. The van der Waals surface area contributed by atoms with Crippen LogP contribution in [0.15, 0.2) is 29.4 Å². The predicted octanol–water partition coefficient (Wildman–Crippen LogP) is 2.73. The smallest absolute Gasteiger partial charge is 0.410 e. The van der Waals surface area contributed by atoms with Gasteiger partial charge in [-0.15, -0.1) is 0 Å². The molecule has 0 saturated carbocycles. The standard InChI is InChI=1S/C19H27N7O2/c1-19(2,3)28-18(27)26-10-4-5-15(12-26)23-13-6-8-14(9-7-13)24-25-16(11-20)17(21)22/h6-9,15,23-24H,4-5,10,12H2,1-3H3,(H3,21,22)/b25-16+. The molecule has 1 aromatic carbocycles. The Hall–Kier alpha value is -3.28. The molecule has 1 amide bonds. The summed E-state index contributed by atoms with van der Waals surface area (Å²) >= 11 is 0. The van der Waals surface area contributed by atoms with Gasteiger partial charge in [0.1, 0.15) is 11.7 Å². The number of benzene rings is 1. The van der Waals surface area contributed by atoms with Crippen molar-refractivity contribution in [3.63, 3.8) is 0 Å². The number of nitriles is 1. The van der Waals surface area contributed by atoms with Gasteiger partial charge < -0.3 is 20.7 Å². The van der Waals surface area contributed by atoms with Crippen molar-refractivity contribution in [2.75, 3.05) is 23.8 Å². The Kier molecular flexibility index (Phi) is 6.82. The van der Waals surface area contributed by atoms with E-state index in [0.717, 1.165) is 18.5 Å². The number of hydrazone groups is 1. The molecule has 0 aliphatic carbocycles. The normalized spacial score (nSPS) is 17.4. The predicted molar refractivity (Wildman–Crippen MR) is 109 cm³/mol. The maximum Gasteiger partial charge on any atom is 0.410 e. The first-order chi connectivity index (χ1) is 13.2. The maximum absolute atomic E-state index is 12.3. The molecule has 1 heterocycles. The topological polar surface area (TPSA) is 140 Å². The lowest BCUT2D eigenvalue weighted by Gasteiger charge is -2.34. The third-order valence-corrected chi connectivity index (χ3v) is 3.99. The fourth-order valence-corrected chi connectivity index (χ4v) is 2.73. The Bertz CT molecular complexity index is 775. The number of anilines is 2. The molecule has 9 nitrogen and oxygen atoms in total. The van der Waals surface area contributed by atoms with Crippen LogP contribution >= 0.6 is 0 Å². The van der Waals surface area contributed by atoms with Crippen LogP contribution in [0.3, 0.4) is 0 Å². The van der Waals surface area contributed by atoms with Gasteiger partial charge in [0.2, 0.25) is 5.71 Å². The van der Waals surface area contributed by atoms with Gasteiger partial charge in [-0.1, -0.05) is 0 Å². The molecule has 1 fully saturated rings. The fourth-order valence-electron chi connectivity index (χ4n) is 2.73. The molecule has 150 valence electrons. The molecule has 9 heteroatoms. The summed E-state index contributed by atoms with van der Waals surface area (Å²) in [7, 11) is 0. The van der Waals surface area contributed by atoms with E-state index in [2.05, 4.69) is 15.8 Å². The summed E-state index contributed by atoms with van der Waals surface area (Å²) in [5.41, 5.74) is 8.85. The van der Waals surface area contributed by atoms with E-state index in [4.69, 9.17) is 21.1 Å². The minimum Gasteiger partial charge on any atom is -0.444 e. The van der Waals surface area contributed by atoms with Crippen LogP contribution in [0.5, 0.6) is 0 Å². The lowest BCUT2D eigenvalue weighted by atomic mass is 10.1. The third-order valence-electron chi connectivity index (χ3n) is 3.99. The number of hydrogen-bond acceptors (Lipinski definition) is 7. The van der Waals surface area contributed by atoms with Crippen molar-refractivity contribution in [3.8, 4) is 6.07 Å². The van der Waals surface area contributed by atoms with Crippen LogP contribution in [0.25, 0.3) is 0 Å². The highest BCUT2D eigenvalue weighted by atomic mass is 16.6. The second-order valence-electron chi connectivity index (χ2n) is 7.58. The van der Waals surface area contributed by atoms with Gasteiger partial charge in [-0.05, 0) is 57.9 Å². The van der Waals surface area contributed by atoms with E-state index in [-0.39, 0.29) is 23.7 Å². The highest BCUT2D eigenvalue weighted by Gasteiger charge is 2.27. The van der Waals surface area contributed by atoms with Gasteiger partial charge in [-0.25, -0.2) is 4.79 Å².